The van der Waals surface area contributed by atoms with E-state index < -0.39 is 0 Å². The summed E-state index contributed by atoms with van der Waals surface area (Å²) in [6.45, 7) is 1.26. The maximum absolute atomic E-state index is 6.10. The van der Waals surface area contributed by atoms with E-state index in [1.165, 1.54) is 0 Å². The molecule has 3 rings (SSSR count). The van der Waals surface area contributed by atoms with Gasteiger partial charge in [-0.1, -0.05) is 54.6 Å². The third-order valence-corrected chi connectivity index (χ3v) is 3.86. The Morgan fingerprint density at radius 3 is 2.20 bits per heavy atom. The number of rotatable bonds is 6. The topological polar surface area (TPSA) is 113 Å². The van der Waals surface area contributed by atoms with E-state index in [1.807, 2.05) is 54.6 Å². The standard InChI is InChI=1S/C19H21N5O/c20-10-13-6-8-15(9-7-13)17-16(23-19(22)24-18(17)21)12-25-11-14-4-2-1-3-5-14/h1-9H,10-12,20H2,(H4,21,22,23,24). The summed E-state index contributed by atoms with van der Waals surface area (Å²) in [6, 6.07) is 17.8. The summed E-state index contributed by atoms with van der Waals surface area (Å²) >= 11 is 0. The van der Waals surface area contributed by atoms with Gasteiger partial charge in [0.05, 0.1) is 18.9 Å². The molecule has 0 aliphatic rings. The molecule has 0 unspecified atom stereocenters. The van der Waals surface area contributed by atoms with Crippen LogP contribution in [-0.2, 0) is 24.5 Å². The number of hydrogen-bond acceptors (Lipinski definition) is 6. The fraction of sp³-hybridized carbons (Fsp3) is 0.158. The van der Waals surface area contributed by atoms with Crippen molar-refractivity contribution in [3.8, 4) is 11.1 Å². The van der Waals surface area contributed by atoms with E-state index >= 15 is 0 Å². The molecule has 2 aromatic carbocycles. The van der Waals surface area contributed by atoms with Crippen LogP contribution in [0, 0.1) is 0 Å². The van der Waals surface area contributed by atoms with Gasteiger partial charge in [0.2, 0.25) is 5.95 Å². The molecular formula is C19H21N5O. The van der Waals surface area contributed by atoms with Crippen molar-refractivity contribution in [2.24, 2.45) is 5.73 Å². The van der Waals surface area contributed by atoms with Gasteiger partial charge >= 0.3 is 0 Å². The van der Waals surface area contributed by atoms with E-state index in [2.05, 4.69) is 9.97 Å². The molecular weight excluding hydrogens is 314 g/mol. The first-order valence-corrected chi connectivity index (χ1v) is 8.00. The van der Waals surface area contributed by atoms with E-state index in [-0.39, 0.29) is 5.95 Å². The van der Waals surface area contributed by atoms with Gasteiger partial charge < -0.3 is 21.9 Å². The lowest BCUT2D eigenvalue weighted by Gasteiger charge is -2.13. The molecule has 25 heavy (non-hydrogen) atoms. The van der Waals surface area contributed by atoms with E-state index in [0.717, 1.165) is 22.3 Å². The van der Waals surface area contributed by atoms with Crippen LogP contribution < -0.4 is 17.2 Å². The van der Waals surface area contributed by atoms with Crippen LogP contribution in [0.5, 0.6) is 0 Å². The molecule has 0 aliphatic carbocycles. The first-order valence-electron chi connectivity index (χ1n) is 8.00. The molecule has 0 fully saturated rings. The fourth-order valence-corrected chi connectivity index (χ4v) is 2.61. The van der Waals surface area contributed by atoms with Crippen LogP contribution in [-0.4, -0.2) is 9.97 Å². The highest BCUT2D eigenvalue weighted by Gasteiger charge is 2.14. The Labute approximate surface area is 146 Å². The molecule has 128 valence electrons. The van der Waals surface area contributed by atoms with Crippen LogP contribution in [0.3, 0.4) is 0 Å². The zero-order valence-electron chi connectivity index (χ0n) is 13.9. The number of ether oxygens (including phenoxy) is 1. The Balaban J connectivity index is 1.84. The molecule has 0 amide bonds. The summed E-state index contributed by atoms with van der Waals surface area (Å²) in [6.07, 6.45) is 0. The second-order valence-corrected chi connectivity index (χ2v) is 5.67. The maximum atomic E-state index is 6.10. The quantitative estimate of drug-likeness (QED) is 0.638. The van der Waals surface area contributed by atoms with Gasteiger partial charge in [-0.3, -0.25) is 0 Å². The van der Waals surface area contributed by atoms with Crippen molar-refractivity contribution in [2.75, 3.05) is 11.5 Å². The fourth-order valence-electron chi connectivity index (χ4n) is 2.61. The molecule has 6 heteroatoms. The van der Waals surface area contributed by atoms with Gasteiger partial charge in [-0.15, -0.1) is 0 Å². The molecule has 0 atom stereocenters. The van der Waals surface area contributed by atoms with Gasteiger partial charge in [0.25, 0.3) is 0 Å². The molecule has 0 bridgehead atoms. The molecule has 0 saturated carbocycles. The van der Waals surface area contributed by atoms with Crippen molar-refractivity contribution in [1.29, 1.82) is 0 Å². The van der Waals surface area contributed by atoms with E-state index in [9.17, 15) is 0 Å². The zero-order valence-corrected chi connectivity index (χ0v) is 13.9. The number of hydrogen-bond donors (Lipinski definition) is 3. The number of anilines is 2. The van der Waals surface area contributed by atoms with Crippen LogP contribution in [0.1, 0.15) is 16.8 Å². The number of benzene rings is 2. The monoisotopic (exact) mass is 335 g/mol. The number of nitrogens with zero attached hydrogens (tertiary/aromatic N) is 2. The predicted octanol–water partition coefficient (Wildman–Crippen LogP) is 2.48. The van der Waals surface area contributed by atoms with Crippen LogP contribution >= 0.6 is 0 Å². The Bertz CT molecular complexity index is 834. The Morgan fingerprint density at radius 2 is 1.52 bits per heavy atom. The van der Waals surface area contributed by atoms with Crippen LogP contribution in [0.15, 0.2) is 54.6 Å². The highest BCUT2D eigenvalue weighted by molar-refractivity contribution is 5.76. The minimum atomic E-state index is 0.137. The summed E-state index contributed by atoms with van der Waals surface area (Å²) < 4.78 is 5.80. The lowest BCUT2D eigenvalue weighted by Crippen LogP contribution is -2.08. The molecule has 6 N–H and O–H groups in total. The van der Waals surface area contributed by atoms with Crippen molar-refractivity contribution in [3.63, 3.8) is 0 Å². The van der Waals surface area contributed by atoms with Crippen LogP contribution in [0.4, 0.5) is 11.8 Å². The second kappa shape index (κ2) is 7.74. The molecule has 1 aromatic heterocycles. The molecule has 6 nitrogen and oxygen atoms in total. The zero-order chi connectivity index (χ0) is 17.6. The molecule has 0 spiro atoms. The number of aromatic nitrogens is 2. The highest BCUT2D eigenvalue weighted by Crippen LogP contribution is 2.29. The van der Waals surface area contributed by atoms with Crippen molar-refractivity contribution in [3.05, 3.63) is 71.4 Å². The Kier molecular flexibility index (Phi) is 5.23. The Hall–Kier alpha value is -2.96. The summed E-state index contributed by atoms with van der Waals surface area (Å²) in [5, 5.41) is 0. The summed E-state index contributed by atoms with van der Waals surface area (Å²) in [5.74, 6) is 0.476. The first kappa shape index (κ1) is 16.9. The smallest absolute Gasteiger partial charge is 0.222 e. The molecule has 0 saturated heterocycles. The van der Waals surface area contributed by atoms with Crippen molar-refractivity contribution >= 4 is 11.8 Å². The van der Waals surface area contributed by atoms with E-state index in [1.54, 1.807) is 0 Å². The molecule has 3 aromatic rings. The highest BCUT2D eigenvalue weighted by atomic mass is 16.5. The average Bonchev–Trinajstić information content (AvgIpc) is 2.62. The van der Waals surface area contributed by atoms with Crippen molar-refractivity contribution in [2.45, 2.75) is 19.8 Å². The lowest BCUT2D eigenvalue weighted by atomic mass is 10.0. The predicted molar refractivity (Wildman–Crippen MR) is 99.1 cm³/mol. The third-order valence-electron chi connectivity index (χ3n) is 3.86. The van der Waals surface area contributed by atoms with Crippen LogP contribution in [0.2, 0.25) is 0 Å². The Morgan fingerprint density at radius 1 is 0.800 bits per heavy atom. The number of nitrogen functional groups attached to an aromatic ring is 2. The molecule has 1 heterocycles. The number of nitrogens with two attached hydrogens (primary N) is 3. The van der Waals surface area contributed by atoms with E-state index in [4.69, 9.17) is 21.9 Å². The maximum Gasteiger partial charge on any atom is 0.222 e. The minimum Gasteiger partial charge on any atom is -0.383 e. The average molecular weight is 335 g/mol. The largest absolute Gasteiger partial charge is 0.383 e. The van der Waals surface area contributed by atoms with Crippen molar-refractivity contribution < 1.29 is 4.74 Å². The van der Waals surface area contributed by atoms with Gasteiger partial charge in [0.1, 0.15) is 5.82 Å². The van der Waals surface area contributed by atoms with Gasteiger partial charge in [-0.05, 0) is 16.7 Å². The molecule has 0 radical (unpaired) electrons. The SMILES string of the molecule is NCc1ccc(-c2c(N)nc(N)nc2COCc2ccccc2)cc1. The second-order valence-electron chi connectivity index (χ2n) is 5.67. The minimum absolute atomic E-state index is 0.137. The summed E-state index contributed by atoms with van der Waals surface area (Å²) in [5.41, 5.74) is 22.0. The van der Waals surface area contributed by atoms with E-state index in [0.29, 0.717) is 31.3 Å². The third kappa shape index (κ3) is 4.12. The molecule has 0 aliphatic heterocycles. The van der Waals surface area contributed by atoms with Gasteiger partial charge in [-0.25, -0.2) is 4.98 Å². The normalized spacial score (nSPS) is 10.8. The van der Waals surface area contributed by atoms with Gasteiger partial charge in [0, 0.05) is 12.1 Å². The van der Waals surface area contributed by atoms with Gasteiger partial charge in [-0.2, -0.15) is 4.98 Å². The first-order chi connectivity index (χ1) is 12.2. The van der Waals surface area contributed by atoms with Crippen molar-refractivity contribution in [1.82, 2.24) is 9.97 Å². The van der Waals surface area contributed by atoms with Crippen LogP contribution in [0.25, 0.3) is 11.1 Å². The summed E-state index contributed by atoms with van der Waals surface area (Å²) in [4.78, 5) is 8.40. The lowest BCUT2D eigenvalue weighted by molar-refractivity contribution is 0.105. The van der Waals surface area contributed by atoms with Gasteiger partial charge in [0.15, 0.2) is 0 Å². The summed E-state index contributed by atoms with van der Waals surface area (Å²) in [7, 11) is 0.